The predicted molar refractivity (Wildman–Crippen MR) is 102 cm³/mol. The minimum atomic E-state index is -3.69. The number of halogens is 1. The molecule has 1 aliphatic rings. The molecule has 142 valence electrons. The second-order valence-electron chi connectivity index (χ2n) is 6.40. The van der Waals surface area contributed by atoms with E-state index in [1.807, 2.05) is 18.2 Å². The highest BCUT2D eigenvalue weighted by atomic mass is 35.5. The van der Waals surface area contributed by atoms with Crippen LogP contribution in [0.3, 0.4) is 0 Å². The molecule has 2 aromatic rings. The molecule has 0 spiro atoms. The first-order valence-electron chi connectivity index (χ1n) is 7.97. The maximum Gasteiger partial charge on any atom is 0.269 e. The van der Waals surface area contributed by atoms with Gasteiger partial charge in [-0.3, -0.25) is 4.79 Å². The normalized spacial score (nSPS) is 13.2. The summed E-state index contributed by atoms with van der Waals surface area (Å²) in [6.07, 6.45) is 1.45. The van der Waals surface area contributed by atoms with Gasteiger partial charge in [-0.1, -0.05) is 18.2 Å². The molecule has 1 amide bonds. The van der Waals surface area contributed by atoms with Crippen molar-refractivity contribution in [2.75, 3.05) is 14.1 Å². The molecule has 0 atom stereocenters. The first-order chi connectivity index (χ1) is 11.8. The zero-order chi connectivity index (χ0) is 18.2. The van der Waals surface area contributed by atoms with Gasteiger partial charge >= 0.3 is 0 Å². The highest BCUT2D eigenvalue weighted by Gasteiger charge is 2.21. The van der Waals surface area contributed by atoms with Crippen molar-refractivity contribution in [1.29, 1.82) is 0 Å². The minimum Gasteiger partial charge on any atom is -0.345 e. The number of fused-ring (bicyclic) bond motifs is 1. The van der Waals surface area contributed by atoms with Crippen molar-refractivity contribution in [3.63, 3.8) is 0 Å². The fourth-order valence-corrected chi connectivity index (χ4v) is 3.93. The van der Waals surface area contributed by atoms with Gasteiger partial charge < -0.3 is 14.8 Å². The van der Waals surface area contributed by atoms with Gasteiger partial charge in [0.25, 0.3) is 5.91 Å². The monoisotopic (exact) mass is 398 g/mol. The molecule has 0 saturated carbocycles. The van der Waals surface area contributed by atoms with Crippen molar-refractivity contribution in [1.82, 2.24) is 19.5 Å². The van der Waals surface area contributed by atoms with Crippen molar-refractivity contribution in [2.24, 2.45) is 7.05 Å². The molecule has 0 fully saturated rings. The Kier molecular flexibility index (Phi) is 6.13. The zero-order valence-corrected chi connectivity index (χ0v) is 16.6. The second-order valence-corrected chi connectivity index (χ2v) is 8.17. The van der Waals surface area contributed by atoms with Crippen LogP contribution >= 0.6 is 12.4 Å². The van der Waals surface area contributed by atoms with Crippen LogP contribution in [0.2, 0.25) is 0 Å². The van der Waals surface area contributed by atoms with Crippen LogP contribution in [-0.4, -0.2) is 37.9 Å². The van der Waals surface area contributed by atoms with E-state index < -0.39 is 10.0 Å². The van der Waals surface area contributed by atoms with Crippen LogP contribution in [-0.2, 0) is 36.7 Å². The Morgan fingerprint density at radius 1 is 1.23 bits per heavy atom. The van der Waals surface area contributed by atoms with E-state index in [0.717, 1.165) is 18.7 Å². The first-order valence-corrected chi connectivity index (χ1v) is 9.45. The smallest absolute Gasteiger partial charge is 0.269 e. The van der Waals surface area contributed by atoms with E-state index in [2.05, 4.69) is 10.0 Å². The third-order valence-electron chi connectivity index (χ3n) is 4.28. The van der Waals surface area contributed by atoms with E-state index >= 15 is 0 Å². The molecule has 2 N–H and O–H groups in total. The third-order valence-corrected chi connectivity index (χ3v) is 5.65. The standard InChI is InChI=1S/C17H22N4O3S.ClH/c1-20(2)17(22)16-7-15(11-21(16)3)25(23,24)19-8-12-4-5-13-9-18-10-14(13)6-12;/h4-7,11,18-19H,8-10H2,1-3H3;1H. The molecule has 1 aliphatic heterocycles. The maximum atomic E-state index is 12.5. The number of amides is 1. The van der Waals surface area contributed by atoms with E-state index in [4.69, 9.17) is 0 Å². The summed E-state index contributed by atoms with van der Waals surface area (Å²) in [5.41, 5.74) is 3.69. The molecule has 0 bridgehead atoms. The van der Waals surface area contributed by atoms with Gasteiger partial charge in [-0.05, 0) is 22.8 Å². The van der Waals surface area contributed by atoms with Crippen LogP contribution in [0, 0.1) is 0 Å². The van der Waals surface area contributed by atoms with Gasteiger partial charge in [0, 0.05) is 47.0 Å². The molecule has 1 aromatic carbocycles. The number of nitrogens with one attached hydrogen (secondary N) is 2. The van der Waals surface area contributed by atoms with Gasteiger partial charge in [-0.25, -0.2) is 13.1 Å². The molecule has 1 aromatic heterocycles. The molecule has 0 aliphatic carbocycles. The van der Waals surface area contributed by atoms with Crippen LogP contribution in [0.25, 0.3) is 0 Å². The number of hydrogen-bond donors (Lipinski definition) is 2. The lowest BCUT2D eigenvalue weighted by Gasteiger charge is -2.09. The van der Waals surface area contributed by atoms with Gasteiger partial charge in [0.15, 0.2) is 0 Å². The number of sulfonamides is 1. The van der Waals surface area contributed by atoms with Crippen molar-refractivity contribution in [3.8, 4) is 0 Å². The van der Waals surface area contributed by atoms with Crippen molar-refractivity contribution < 1.29 is 13.2 Å². The summed E-state index contributed by atoms with van der Waals surface area (Å²) in [6, 6.07) is 7.37. The number of rotatable bonds is 5. The Bertz CT molecular complexity index is 922. The minimum absolute atomic E-state index is 0. The van der Waals surface area contributed by atoms with Crippen molar-refractivity contribution in [2.45, 2.75) is 24.5 Å². The van der Waals surface area contributed by atoms with E-state index in [-0.39, 0.29) is 29.8 Å². The largest absolute Gasteiger partial charge is 0.345 e. The molecule has 3 rings (SSSR count). The third kappa shape index (κ3) is 4.09. The number of benzene rings is 1. The molecular formula is C17H23ClN4O3S. The highest BCUT2D eigenvalue weighted by molar-refractivity contribution is 7.89. The van der Waals surface area contributed by atoms with Gasteiger partial charge in [0.1, 0.15) is 10.6 Å². The number of hydrogen-bond acceptors (Lipinski definition) is 4. The Labute approximate surface area is 159 Å². The van der Waals surface area contributed by atoms with Gasteiger partial charge in [-0.15, -0.1) is 12.4 Å². The maximum absolute atomic E-state index is 12.5. The Morgan fingerprint density at radius 3 is 2.62 bits per heavy atom. The number of aryl methyl sites for hydroxylation is 1. The highest BCUT2D eigenvalue weighted by Crippen LogP contribution is 2.18. The molecule has 0 radical (unpaired) electrons. The summed E-state index contributed by atoms with van der Waals surface area (Å²) in [6.45, 7) is 1.88. The van der Waals surface area contributed by atoms with Crippen LogP contribution < -0.4 is 10.0 Å². The van der Waals surface area contributed by atoms with Crippen LogP contribution in [0.4, 0.5) is 0 Å². The Morgan fingerprint density at radius 2 is 1.92 bits per heavy atom. The van der Waals surface area contributed by atoms with E-state index in [1.54, 1.807) is 21.1 Å². The molecule has 0 unspecified atom stereocenters. The van der Waals surface area contributed by atoms with E-state index in [1.165, 1.54) is 32.9 Å². The second kappa shape index (κ2) is 7.79. The molecular weight excluding hydrogens is 376 g/mol. The molecule has 0 saturated heterocycles. The fourth-order valence-electron chi connectivity index (χ4n) is 2.84. The number of carbonyl (C=O) groups is 1. The van der Waals surface area contributed by atoms with Crippen molar-refractivity contribution in [3.05, 3.63) is 52.8 Å². The van der Waals surface area contributed by atoms with Crippen LogP contribution in [0.5, 0.6) is 0 Å². The van der Waals surface area contributed by atoms with Crippen molar-refractivity contribution >= 4 is 28.3 Å². The average Bonchev–Trinajstić information content (AvgIpc) is 3.18. The first kappa shape index (κ1) is 20.4. The van der Waals surface area contributed by atoms with Gasteiger partial charge in [0.05, 0.1) is 0 Å². The summed E-state index contributed by atoms with van der Waals surface area (Å²) >= 11 is 0. The van der Waals surface area contributed by atoms with Crippen LogP contribution in [0.1, 0.15) is 27.2 Å². The lowest BCUT2D eigenvalue weighted by Crippen LogP contribution is -2.24. The molecule has 9 heteroatoms. The quantitative estimate of drug-likeness (QED) is 0.793. The predicted octanol–water partition coefficient (Wildman–Crippen LogP) is 1.23. The SMILES string of the molecule is CN(C)C(=O)c1cc(S(=O)(=O)NCc2ccc3c(c2)CNC3)cn1C.Cl. The summed E-state index contributed by atoms with van der Waals surface area (Å²) in [4.78, 5) is 13.6. The lowest BCUT2D eigenvalue weighted by molar-refractivity contribution is 0.0818. The number of nitrogens with zero attached hydrogens (tertiary/aromatic N) is 2. The summed E-state index contributed by atoms with van der Waals surface area (Å²) in [5.74, 6) is -0.241. The Balaban J connectivity index is 0.00000243. The van der Waals surface area contributed by atoms with Gasteiger partial charge in [-0.2, -0.15) is 0 Å². The number of carbonyl (C=O) groups excluding carboxylic acids is 1. The summed E-state index contributed by atoms with van der Waals surface area (Å²) in [7, 11) is 1.22. The van der Waals surface area contributed by atoms with E-state index in [0.29, 0.717) is 5.69 Å². The van der Waals surface area contributed by atoms with E-state index in [9.17, 15) is 13.2 Å². The molecule has 7 nitrogen and oxygen atoms in total. The summed E-state index contributed by atoms with van der Waals surface area (Å²) < 4.78 is 29.2. The molecule has 26 heavy (non-hydrogen) atoms. The lowest BCUT2D eigenvalue weighted by atomic mass is 10.1. The molecule has 2 heterocycles. The topological polar surface area (TPSA) is 83.4 Å². The number of aromatic nitrogens is 1. The summed E-state index contributed by atoms with van der Waals surface area (Å²) in [5, 5.41) is 3.26. The van der Waals surface area contributed by atoms with Crippen LogP contribution in [0.15, 0.2) is 35.4 Å². The average molecular weight is 399 g/mol. The Hall–Kier alpha value is -1.87. The van der Waals surface area contributed by atoms with Gasteiger partial charge in [0.2, 0.25) is 10.0 Å². The fraction of sp³-hybridized carbons (Fsp3) is 0.353. The zero-order valence-electron chi connectivity index (χ0n) is 14.9.